The number of aliphatic hydroxyl groups excluding tert-OH is 1. The Labute approximate surface area is 103 Å². The summed E-state index contributed by atoms with van der Waals surface area (Å²) in [5.74, 6) is 0. The van der Waals surface area contributed by atoms with Crippen molar-refractivity contribution in [3.8, 4) is 0 Å². The molecule has 0 rings (SSSR count). The van der Waals surface area contributed by atoms with Gasteiger partial charge in [-0.3, -0.25) is 5.32 Å². The molecule has 3 nitrogen and oxygen atoms in total. The molecule has 0 aromatic heterocycles. The summed E-state index contributed by atoms with van der Waals surface area (Å²) in [5, 5.41) is 12.3. The van der Waals surface area contributed by atoms with E-state index in [0.29, 0.717) is 6.54 Å². The highest BCUT2D eigenvalue weighted by molar-refractivity contribution is 7.84. The number of hydrogen-bond donors (Lipinski definition) is 3. The summed E-state index contributed by atoms with van der Waals surface area (Å²) < 4.78 is 5.03. The van der Waals surface area contributed by atoms with Crippen LogP contribution in [0.2, 0.25) is 0 Å². The first-order valence-electron chi connectivity index (χ1n) is 5.02. The van der Waals surface area contributed by atoms with Gasteiger partial charge in [0, 0.05) is 6.54 Å². The zero-order valence-electron chi connectivity index (χ0n) is 9.30. The van der Waals surface area contributed by atoms with Crippen molar-refractivity contribution in [3.05, 3.63) is 48.6 Å². The van der Waals surface area contributed by atoms with Gasteiger partial charge in [0.05, 0.1) is 6.26 Å². The Kier molecular flexibility index (Phi) is 9.91. The van der Waals surface area contributed by atoms with Gasteiger partial charge in [0.2, 0.25) is 0 Å². The van der Waals surface area contributed by atoms with E-state index < -0.39 is 6.23 Å². The lowest BCUT2D eigenvalue weighted by atomic mass is 10.3. The summed E-state index contributed by atoms with van der Waals surface area (Å²) in [7, 11) is 0. The van der Waals surface area contributed by atoms with E-state index in [-0.39, 0.29) is 6.61 Å². The van der Waals surface area contributed by atoms with Crippen molar-refractivity contribution in [1.29, 1.82) is 0 Å². The smallest absolute Gasteiger partial charge is 0.139 e. The van der Waals surface area contributed by atoms with Gasteiger partial charge in [-0.05, 0) is 17.4 Å². The maximum absolute atomic E-state index is 9.43. The average Bonchev–Trinajstić information content (AvgIpc) is 2.25. The minimum Gasteiger partial charge on any atom is -0.497 e. The van der Waals surface area contributed by atoms with Crippen LogP contribution in [0.25, 0.3) is 0 Å². The third-order valence-electron chi connectivity index (χ3n) is 1.64. The highest BCUT2D eigenvalue weighted by Crippen LogP contribution is 2.04. The molecule has 0 aliphatic rings. The van der Waals surface area contributed by atoms with Gasteiger partial charge in [0.15, 0.2) is 0 Å². The highest BCUT2D eigenvalue weighted by Gasteiger charge is 2.01. The van der Waals surface area contributed by atoms with E-state index in [1.165, 1.54) is 6.26 Å². The number of nitrogens with one attached hydrogen (secondary N) is 1. The molecule has 0 aromatic rings. The van der Waals surface area contributed by atoms with Gasteiger partial charge in [-0.2, -0.15) is 0 Å². The Hall–Kier alpha value is -0.970. The van der Waals surface area contributed by atoms with Crippen molar-refractivity contribution in [2.24, 2.45) is 0 Å². The molecule has 0 aliphatic heterocycles. The first kappa shape index (κ1) is 15.0. The first-order chi connectivity index (χ1) is 7.70. The van der Waals surface area contributed by atoms with Gasteiger partial charge in [-0.25, -0.2) is 0 Å². The predicted octanol–water partition coefficient (Wildman–Crippen LogP) is 2.00. The summed E-state index contributed by atoms with van der Waals surface area (Å²) in [6.45, 7) is 7.91. The zero-order chi connectivity index (χ0) is 12.2. The van der Waals surface area contributed by atoms with E-state index in [1.807, 2.05) is 6.08 Å². The van der Waals surface area contributed by atoms with Crippen LogP contribution in [-0.4, -0.2) is 24.5 Å². The van der Waals surface area contributed by atoms with Gasteiger partial charge in [-0.15, -0.1) is 12.6 Å². The third-order valence-corrected chi connectivity index (χ3v) is 2.01. The fourth-order valence-corrected chi connectivity index (χ4v) is 1.12. The van der Waals surface area contributed by atoms with E-state index in [4.69, 9.17) is 4.74 Å². The van der Waals surface area contributed by atoms with Crippen molar-refractivity contribution in [2.75, 3.05) is 13.2 Å². The van der Waals surface area contributed by atoms with E-state index in [1.54, 1.807) is 18.2 Å². The van der Waals surface area contributed by atoms with Crippen LogP contribution in [0.4, 0.5) is 0 Å². The molecule has 0 aromatic carbocycles. The van der Waals surface area contributed by atoms with E-state index in [9.17, 15) is 5.11 Å². The summed E-state index contributed by atoms with van der Waals surface area (Å²) in [6.07, 6.45) is 8.31. The van der Waals surface area contributed by atoms with Crippen LogP contribution in [0.5, 0.6) is 0 Å². The molecule has 0 bridgehead atoms. The van der Waals surface area contributed by atoms with Crippen LogP contribution in [0.1, 0.15) is 6.42 Å². The van der Waals surface area contributed by atoms with Crippen LogP contribution >= 0.6 is 12.6 Å². The molecular formula is C12H19NO2S. The number of rotatable bonds is 9. The maximum Gasteiger partial charge on any atom is 0.139 e. The predicted molar refractivity (Wildman–Crippen MR) is 71.2 cm³/mol. The molecule has 2 N–H and O–H groups in total. The minimum absolute atomic E-state index is 0.206. The molecule has 0 saturated carbocycles. The lowest BCUT2D eigenvalue weighted by Crippen LogP contribution is -2.33. The number of thiol groups is 1. The van der Waals surface area contributed by atoms with Crippen molar-refractivity contribution >= 4 is 12.6 Å². The summed E-state index contributed by atoms with van der Waals surface area (Å²) in [5.41, 5.74) is 0. The van der Waals surface area contributed by atoms with Crippen LogP contribution in [0, 0.1) is 0 Å². The number of allylic oxidation sites excluding steroid dienone is 4. The summed E-state index contributed by atoms with van der Waals surface area (Å²) >= 11 is 4.23. The molecule has 90 valence electrons. The van der Waals surface area contributed by atoms with E-state index in [0.717, 1.165) is 11.3 Å². The van der Waals surface area contributed by atoms with Crippen LogP contribution < -0.4 is 5.32 Å². The van der Waals surface area contributed by atoms with Crippen LogP contribution in [0.15, 0.2) is 48.6 Å². The molecule has 1 atom stereocenters. The molecule has 0 saturated heterocycles. The second-order valence-corrected chi connectivity index (χ2v) is 3.59. The molecule has 0 amide bonds. The fourth-order valence-electron chi connectivity index (χ4n) is 0.903. The number of ether oxygens (including phenoxy) is 1. The largest absolute Gasteiger partial charge is 0.497 e. The topological polar surface area (TPSA) is 41.5 Å². The Bertz CT molecular complexity index is 262. The van der Waals surface area contributed by atoms with Gasteiger partial charge < -0.3 is 9.84 Å². The molecule has 0 fully saturated rings. The summed E-state index contributed by atoms with van der Waals surface area (Å²) in [6, 6.07) is 0. The van der Waals surface area contributed by atoms with E-state index >= 15 is 0 Å². The Balaban J connectivity index is 3.53. The monoisotopic (exact) mass is 241 g/mol. The van der Waals surface area contributed by atoms with Crippen molar-refractivity contribution in [1.82, 2.24) is 5.32 Å². The summed E-state index contributed by atoms with van der Waals surface area (Å²) in [4.78, 5) is 0.919. The normalized spacial score (nSPS) is 13.8. The molecule has 0 spiro atoms. The second-order valence-electron chi connectivity index (χ2n) is 3.01. The van der Waals surface area contributed by atoms with E-state index in [2.05, 4.69) is 31.1 Å². The highest BCUT2D eigenvalue weighted by atomic mass is 32.1. The molecule has 0 aliphatic carbocycles. The quantitative estimate of drug-likeness (QED) is 0.250. The molecule has 4 heteroatoms. The molecular weight excluding hydrogens is 222 g/mol. The molecule has 16 heavy (non-hydrogen) atoms. The third kappa shape index (κ3) is 9.58. The second kappa shape index (κ2) is 10.5. The molecule has 0 heterocycles. The number of aliphatic hydroxyl groups is 1. The molecule has 0 radical (unpaired) electrons. The SMILES string of the molecule is C=C/C=C(\S)CCNC(O)CO/C=C/C=C. The van der Waals surface area contributed by atoms with Gasteiger partial charge in [-0.1, -0.05) is 31.4 Å². The van der Waals surface area contributed by atoms with Crippen molar-refractivity contribution in [3.63, 3.8) is 0 Å². The fraction of sp³-hybridized carbons (Fsp3) is 0.333. The average molecular weight is 241 g/mol. The maximum atomic E-state index is 9.43. The minimum atomic E-state index is -0.681. The van der Waals surface area contributed by atoms with Gasteiger partial charge in [0.25, 0.3) is 0 Å². The lowest BCUT2D eigenvalue weighted by Gasteiger charge is -2.11. The first-order valence-corrected chi connectivity index (χ1v) is 5.46. The Morgan fingerprint density at radius 3 is 2.81 bits per heavy atom. The lowest BCUT2D eigenvalue weighted by molar-refractivity contribution is 0.0598. The Morgan fingerprint density at radius 1 is 1.44 bits per heavy atom. The van der Waals surface area contributed by atoms with Crippen LogP contribution in [0.3, 0.4) is 0 Å². The van der Waals surface area contributed by atoms with Crippen molar-refractivity contribution < 1.29 is 9.84 Å². The molecule has 1 unspecified atom stereocenters. The van der Waals surface area contributed by atoms with Crippen molar-refractivity contribution in [2.45, 2.75) is 12.6 Å². The van der Waals surface area contributed by atoms with Crippen LogP contribution in [-0.2, 0) is 4.74 Å². The number of hydrogen-bond acceptors (Lipinski definition) is 4. The van der Waals surface area contributed by atoms with Gasteiger partial charge in [0.1, 0.15) is 12.8 Å². The zero-order valence-corrected chi connectivity index (χ0v) is 10.2. The van der Waals surface area contributed by atoms with Gasteiger partial charge >= 0.3 is 0 Å². The standard InChI is InChI=1S/C12H19NO2S/c1-3-5-9-15-10-12(14)13-8-7-11(16)6-4-2/h3-6,9,12-14,16H,1-2,7-8,10H2/b9-5+,11-6-. The Morgan fingerprint density at radius 2 is 2.19 bits per heavy atom.